The van der Waals surface area contributed by atoms with Crippen molar-refractivity contribution in [3.63, 3.8) is 0 Å². The second-order valence-electron chi connectivity index (χ2n) is 2.23. The Kier molecular flexibility index (Phi) is 3.30. The van der Waals surface area contributed by atoms with E-state index in [0.717, 1.165) is 10.2 Å². The lowest BCUT2D eigenvalue weighted by Gasteiger charge is -2.06. The Morgan fingerprint density at radius 2 is 2.36 bits per heavy atom. The Balaban J connectivity index is 2.81. The Labute approximate surface area is 79.2 Å². The van der Waals surface area contributed by atoms with E-state index in [0.29, 0.717) is 0 Å². The van der Waals surface area contributed by atoms with Crippen molar-refractivity contribution in [2.24, 2.45) is 0 Å². The molecule has 0 aliphatic rings. The van der Waals surface area contributed by atoms with Crippen molar-refractivity contribution in [3.05, 3.63) is 28.5 Å². The summed E-state index contributed by atoms with van der Waals surface area (Å²) in [6, 6.07) is 3.95. The third kappa shape index (κ3) is 2.43. The van der Waals surface area contributed by atoms with Crippen molar-refractivity contribution in [2.75, 3.05) is 0 Å². The zero-order chi connectivity index (χ0) is 8.27. The molecule has 1 rings (SSSR count). The number of halogens is 2. The van der Waals surface area contributed by atoms with E-state index in [1.807, 2.05) is 19.1 Å². The molecule has 0 spiro atoms. The monoisotopic (exact) mass is 234 g/mol. The summed E-state index contributed by atoms with van der Waals surface area (Å²) in [5.41, 5.74) is 0.934. The molecule has 1 atom stereocenters. The van der Waals surface area contributed by atoms with Crippen molar-refractivity contribution in [1.82, 2.24) is 9.82 Å². The van der Waals surface area contributed by atoms with E-state index in [2.05, 4.69) is 25.7 Å². The minimum atomic E-state index is 0.0877. The predicted molar refractivity (Wildman–Crippen MR) is 49.3 cm³/mol. The Bertz CT molecular complexity index is 224. The molecule has 2 nitrogen and oxygen atoms in total. The van der Waals surface area contributed by atoms with Gasteiger partial charge < -0.3 is 0 Å². The van der Waals surface area contributed by atoms with E-state index in [1.54, 1.807) is 6.20 Å². The summed E-state index contributed by atoms with van der Waals surface area (Å²) in [4.78, 5) is 6.75. The van der Waals surface area contributed by atoms with E-state index < -0.39 is 0 Å². The zero-order valence-electron chi connectivity index (χ0n) is 6.01. The maximum absolute atomic E-state index is 5.42. The van der Waals surface area contributed by atoms with E-state index >= 15 is 0 Å². The minimum Gasteiger partial charge on any atom is -0.258 e. The van der Waals surface area contributed by atoms with Crippen molar-refractivity contribution in [1.29, 1.82) is 0 Å². The number of aromatic nitrogens is 1. The van der Waals surface area contributed by atoms with Gasteiger partial charge in [0.1, 0.15) is 0 Å². The molecule has 1 aromatic heterocycles. The molecule has 0 fully saturated rings. The molecule has 4 heteroatoms. The summed E-state index contributed by atoms with van der Waals surface area (Å²) >= 11 is 8.73. The Morgan fingerprint density at radius 1 is 1.64 bits per heavy atom. The topological polar surface area (TPSA) is 24.9 Å². The van der Waals surface area contributed by atoms with Crippen LogP contribution in [0.25, 0.3) is 0 Å². The largest absolute Gasteiger partial charge is 0.258 e. The molecule has 60 valence electrons. The van der Waals surface area contributed by atoms with Crippen LogP contribution in [0, 0.1) is 0 Å². The van der Waals surface area contributed by atoms with E-state index in [4.69, 9.17) is 11.8 Å². The van der Waals surface area contributed by atoms with Crippen LogP contribution < -0.4 is 4.84 Å². The molecule has 0 unspecified atom stereocenters. The second-order valence-corrected chi connectivity index (χ2v) is 3.37. The molecular formula is C7H8BrClN2. The summed E-state index contributed by atoms with van der Waals surface area (Å²) < 4.78 is 0.975. The summed E-state index contributed by atoms with van der Waals surface area (Å²) in [5.74, 6) is 0. The molecular weight excluding hydrogens is 227 g/mol. The number of rotatable bonds is 2. The van der Waals surface area contributed by atoms with Crippen LogP contribution in [-0.4, -0.2) is 4.98 Å². The molecule has 1 aromatic rings. The smallest absolute Gasteiger partial charge is 0.0614 e. The summed E-state index contributed by atoms with van der Waals surface area (Å²) in [6.45, 7) is 1.95. The molecule has 0 aromatic carbocycles. The lowest BCUT2D eigenvalue weighted by atomic mass is 10.2. The Morgan fingerprint density at radius 3 is 2.82 bits per heavy atom. The van der Waals surface area contributed by atoms with Crippen LogP contribution in [0.1, 0.15) is 18.7 Å². The fourth-order valence-corrected chi connectivity index (χ4v) is 1.05. The van der Waals surface area contributed by atoms with Crippen LogP contribution in [-0.2, 0) is 0 Å². The second kappa shape index (κ2) is 4.04. The van der Waals surface area contributed by atoms with Gasteiger partial charge in [-0.15, -0.1) is 0 Å². The molecule has 0 bridgehead atoms. The number of hydrogen-bond donors (Lipinski definition) is 1. The average molecular weight is 236 g/mol. The summed E-state index contributed by atoms with van der Waals surface area (Å²) in [7, 11) is 0. The van der Waals surface area contributed by atoms with Crippen molar-refractivity contribution in [3.8, 4) is 0 Å². The van der Waals surface area contributed by atoms with Crippen LogP contribution in [0.3, 0.4) is 0 Å². The first-order valence-electron chi connectivity index (χ1n) is 3.21. The van der Waals surface area contributed by atoms with Gasteiger partial charge in [-0.1, -0.05) is 0 Å². The standard InChI is InChI=1S/C7H8BrClN2/c1-5(11-9)7-3-2-6(8)4-10-7/h2-5,11H,1H3/t5-/m0/s1. The fourth-order valence-electron chi connectivity index (χ4n) is 0.699. The molecule has 1 N–H and O–H groups in total. The first-order valence-corrected chi connectivity index (χ1v) is 4.38. The summed E-state index contributed by atoms with van der Waals surface area (Å²) in [6.07, 6.45) is 1.75. The maximum atomic E-state index is 5.42. The van der Waals surface area contributed by atoms with Gasteiger partial charge in [0.15, 0.2) is 0 Å². The van der Waals surface area contributed by atoms with Gasteiger partial charge in [0.2, 0.25) is 0 Å². The number of pyridine rings is 1. The fraction of sp³-hybridized carbons (Fsp3) is 0.286. The van der Waals surface area contributed by atoms with Crippen LogP contribution in [0.15, 0.2) is 22.8 Å². The van der Waals surface area contributed by atoms with Crippen LogP contribution in [0.4, 0.5) is 0 Å². The van der Waals surface area contributed by atoms with Crippen LogP contribution >= 0.6 is 27.7 Å². The van der Waals surface area contributed by atoms with Gasteiger partial charge in [-0.25, -0.2) is 4.84 Å². The van der Waals surface area contributed by atoms with Crippen molar-refractivity contribution in [2.45, 2.75) is 13.0 Å². The third-order valence-corrected chi connectivity index (χ3v) is 2.15. The van der Waals surface area contributed by atoms with Crippen LogP contribution in [0.5, 0.6) is 0 Å². The summed E-state index contributed by atoms with van der Waals surface area (Å²) in [5, 5.41) is 0. The molecule has 11 heavy (non-hydrogen) atoms. The van der Waals surface area contributed by atoms with Gasteiger partial charge in [-0.05, 0) is 46.8 Å². The van der Waals surface area contributed by atoms with Gasteiger partial charge in [0.05, 0.1) is 11.7 Å². The molecule has 0 aliphatic carbocycles. The van der Waals surface area contributed by atoms with Gasteiger partial charge in [0.25, 0.3) is 0 Å². The van der Waals surface area contributed by atoms with E-state index in [1.165, 1.54) is 0 Å². The first kappa shape index (κ1) is 8.97. The highest BCUT2D eigenvalue weighted by atomic mass is 79.9. The highest BCUT2D eigenvalue weighted by molar-refractivity contribution is 9.10. The number of hydrogen-bond acceptors (Lipinski definition) is 2. The van der Waals surface area contributed by atoms with Crippen molar-refractivity contribution >= 4 is 27.7 Å². The minimum absolute atomic E-state index is 0.0877. The maximum Gasteiger partial charge on any atom is 0.0614 e. The molecule has 0 radical (unpaired) electrons. The predicted octanol–water partition coefficient (Wildman–Crippen LogP) is 2.65. The van der Waals surface area contributed by atoms with E-state index in [-0.39, 0.29) is 6.04 Å². The quantitative estimate of drug-likeness (QED) is 0.797. The number of nitrogens with zero attached hydrogens (tertiary/aromatic N) is 1. The van der Waals surface area contributed by atoms with Gasteiger partial charge in [-0.2, -0.15) is 0 Å². The zero-order valence-corrected chi connectivity index (χ0v) is 8.35. The Hall–Kier alpha value is -0.120. The number of nitrogens with one attached hydrogen (secondary N) is 1. The van der Waals surface area contributed by atoms with E-state index in [9.17, 15) is 0 Å². The van der Waals surface area contributed by atoms with Gasteiger partial charge in [-0.3, -0.25) is 4.98 Å². The molecule has 0 aliphatic heterocycles. The highest BCUT2D eigenvalue weighted by Gasteiger charge is 2.02. The molecule has 0 saturated carbocycles. The first-order chi connectivity index (χ1) is 5.24. The molecule has 1 heterocycles. The van der Waals surface area contributed by atoms with Gasteiger partial charge in [0, 0.05) is 10.7 Å². The SMILES string of the molecule is C[C@H](NCl)c1ccc(Br)cn1. The molecule has 0 saturated heterocycles. The van der Waals surface area contributed by atoms with Crippen molar-refractivity contribution < 1.29 is 0 Å². The normalized spacial score (nSPS) is 13.0. The lowest BCUT2D eigenvalue weighted by molar-refractivity contribution is 0.716. The highest BCUT2D eigenvalue weighted by Crippen LogP contribution is 2.13. The van der Waals surface area contributed by atoms with Gasteiger partial charge >= 0.3 is 0 Å². The average Bonchev–Trinajstić information content (AvgIpc) is 2.05. The van der Waals surface area contributed by atoms with Crippen LogP contribution in [0.2, 0.25) is 0 Å². The molecule has 0 amide bonds. The third-order valence-electron chi connectivity index (χ3n) is 1.36. The lowest BCUT2D eigenvalue weighted by Crippen LogP contribution is -2.07.